The van der Waals surface area contributed by atoms with Gasteiger partial charge in [0.2, 0.25) is 5.91 Å². The number of hydrogen-bond acceptors (Lipinski definition) is 3. The van der Waals surface area contributed by atoms with Gasteiger partial charge in [0.15, 0.2) is 0 Å². The normalized spacial score (nSPS) is 10.2. The number of para-hydroxylation sites is 1. The van der Waals surface area contributed by atoms with E-state index >= 15 is 0 Å². The molecule has 0 aliphatic heterocycles. The number of aryl methyl sites for hydroxylation is 1. The molecule has 21 heavy (non-hydrogen) atoms. The maximum absolute atomic E-state index is 12.0. The molecule has 0 radical (unpaired) electrons. The number of aliphatic hydroxyl groups is 1. The van der Waals surface area contributed by atoms with Gasteiger partial charge >= 0.3 is 0 Å². The molecule has 0 atom stereocenters. The van der Waals surface area contributed by atoms with Gasteiger partial charge < -0.3 is 15.2 Å². The molecule has 0 aromatic heterocycles. The van der Waals surface area contributed by atoms with Gasteiger partial charge in [-0.15, -0.1) is 0 Å². The summed E-state index contributed by atoms with van der Waals surface area (Å²) < 4.78 is 5.16. The van der Waals surface area contributed by atoms with Crippen LogP contribution < -0.4 is 10.1 Å². The highest BCUT2D eigenvalue weighted by atomic mass is 16.5. The van der Waals surface area contributed by atoms with Gasteiger partial charge in [-0.1, -0.05) is 30.3 Å². The summed E-state index contributed by atoms with van der Waals surface area (Å²) in [5.41, 5.74) is 2.43. The Bertz CT molecular complexity index is 610. The van der Waals surface area contributed by atoms with Gasteiger partial charge in [0, 0.05) is 17.7 Å². The number of hydrogen-bond donors (Lipinski definition) is 2. The Kier molecular flexibility index (Phi) is 5.35. The Morgan fingerprint density at radius 3 is 2.76 bits per heavy atom. The molecule has 4 heteroatoms. The molecule has 0 aliphatic carbocycles. The van der Waals surface area contributed by atoms with Crippen LogP contribution in [0.15, 0.2) is 48.5 Å². The third-order valence-electron chi connectivity index (χ3n) is 3.24. The number of aliphatic hydroxyl groups excluding tert-OH is 1. The molecule has 0 unspecified atom stereocenters. The van der Waals surface area contributed by atoms with Crippen molar-refractivity contribution in [3.63, 3.8) is 0 Å². The molecule has 2 rings (SSSR count). The molecule has 0 saturated heterocycles. The molecule has 0 aliphatic rings. The van der Waals surface area contributed by atoms with Crippen molar-refractivity contribution in [3.8, 4) is 5.75 Å². The second-order valence-electron chi connectivity index (χ2n) is 4.71. The zero-order valence-corrected chi connectivity index (χ0v) is 12.0. The SMILES string of the molecule is COc1cccc(CCC(=O)Nc2ccccc2CO)c1. The molecule has 0 bridgehead atoms. The zero-order chi connectivity index (χ0) is 15.1. The first-order valence-corrected chi connectivity index (χ1v) is 6.84. The topological polar surface area (TPSA) is 58.6 Å². The Morgan fingerprint density at radius 2 is 2.00 bits per heavy atom. The minimum atomic E-state index is -0.0909. The number of carbonyl (C=O) groups excluding carboxylic acids is 1. The van der Waals surface area contributed by atoms with Gasteiger partial charge in [-0.2, -0.15) is 0 Å². The number of amides is 1. The first-order valence-electron chi connectivity index (χ1n) is 6.84. The molecule has 0 fully saturated rings. The lowest BCUT2D eigenvalue weighted by atomic mass is 10.1. The largest absolute Gasteiger partial charge is 0.497 e. The second-order valence-corrected chi connectivity index (χ2v) is 4.71. The van der Waals surface area contributed by atoms with Crippen molar-refractivity contribution in [3.05, 3.63) is 59.7 Å². The highest BCUT2D eigenvalue weighted by molar-refractivity contribution is 5.91. The number of nitrogens with one attached hydrogen (secondary N) is 1. The van der Waals surface area contributed by atoms with Crippen molar-refractivity contribution < 1.29 is 14.6 Å². The summed E-state index contributed by atoms with van der Waals surface area (Å²) in [5, 5.41) is 12.1. The molecule has 110 valence electrons. The minimum Gasteiger partial charge on any atom is -0.497 e. The summed E-state index contributed by atoms with van der Waals surface area (Å²) in [7, 11) is 1.62. The van der Waals surface area contributed by atoms with Crippen molar-refractivity contribution in [2.45, 2.75) is 19.4 Å². The molecule has 1 amide bonds. The van der Waals surface area contributed by atoms with Crippen molar-refractivity contribution >= 4 is 11.6 Å². The number of rotatable bonds is 6. The lowest BCUT2D eigenvalue weighted by molar-refractivity contribution is -0.116. The third kappa shape index (κ3) is 4.33. The molecule has 2 N–H and O–H groups in total. The van der Waals surface area contributed by atoms with Crippen LogP contribution in [0.3, 0.4) is 0 Å². The van der Waals surface area contributed by atoms with Crippen molar-refractivity contribution in [2.24, 2.45) is 0 Å². The second kappa shape index (κ2) is 7.45. The van der Waals surface area contributed by atoms with E-state index in [1.807, 2.05) is 36.4 Å². The van der Waals surface area contributed by atoms with E-state index in [1.54, 1.807) is 19.2 Å². The Labute approximate surface area is 124 Å². The van der Waals surface area contributed by atoms with Crippen LogP contribution in [-0.4, -0.2) is 18.1 Å². The standard InChI is InChI=1S/C17H19NO3/c1-21-15-7-4-5-13(11-15)9-10-17(20)18-16-8-3-2-6-14(16)12-19/h2-8,11,19H,9-10,12H2,1H3,(H,18,20). The van der Waals surface area contributed by atoms with Crippen LogP contribution >= 0.6 is 0 Å². The molecule has 2 aromatic carbocycles. The van der Waals surface area contributed by atoms with Gasteiger partial charge in [0.25, 0.3) is 0 Å². The van der Waals surface area contributed by atoms with Crippen molar-refractivity contribution in [1.82, 2.24) is 0 Å². The summed E-state index contributed by atoms with van der Waals surface area (Å²) in [6.07, 6.45) is 1.03. The minimum absolute atomic E-state index is 0.0706. The zero-order valence-electron chi connectivity index (χ0n) is 12.0. The van der Waals surface area contributed by atoms with E-state index in [2.05, 4.69) is 5.32 Å². The first-order chi connectivity index (χ1) is 10.2. The van der Waals surface area contributed by atoms with Crippen LogP contribution in [0.1, 0.15) is 17.5 Å². The first kappa shape index (κ1) is 15.1. The van der Waals surface area contributed by atoms with Gasteiger partial charge in [0.05, 0.1) is 13.7 Å². The van der Waals surface area contributed by atoms with E-state index in [4.69, 9.17) is 4.74 Å². The average molecular weight is 285 g/mol. The van der Waals surface area contributed by atoms with E-state index in [-0.39, 0.29) is 12.5 Å². The molecule has 2 aromatic rings. The van der Waals surface area contributed by atoms with E-state index < -0.39 is 0 Å². The van der Waals surface area contributed by atoms with Crippen molar-refractivity contribution in [2.75, 3.05) is 12.4 Å². The van der Waals surface area contributed by atoms with E-state index in [9.17, 15) is 9.90 Å². The van der Waals surface area contributed by atoms with Gasteiger partial charge in [-0.25, -0.2) is 0 Å². The van der Waals surface area contributed by atoms with Crippen LogP contribution in [-0.2, 0) is 17.8 Å². The monoisotopic (exact) mass is 285 g/mol. The maximum atomic E-state index is 12.0. The highest BCUT2D eigenvalue weighted by Gasteiger charge is 2.06. The average Bonchev–Trinajstić information content (AvgIpc) is 2.53. The van der Waals surface area contributed by atoms with Crippen LogP contribution in [0.5, 0.6) is 5.75 Å². The number of methoxy groups -OCH3 is 1. The van der Waals surface area contributed by atoms with E-state index in [0.29, 0.717) is 24.1 Å². The molecular formula is C17H19NO3. The number of anilines is 1. The predicted molar refractivity (Wildman–Crippen MR) is 82.3 cm³/mol. The molecule has 4 nitrogen and oxygen atoms in total. The summed E-state index contributed by atoms with van der Waals surface area (Å²) in [4.78, 5) is 12.0. The molecule has 0 heterocycles. The summed E-state index contributed by atoms with van der Waals surface area (Å²) in [6, 6.07) is 14.9. The van der Waals surface area contributed by atoms with Crippen LogP contribution in [0.2, 0.25) is 0 Å². The fourth-order valence-corrected chi connectivity index (χ4v) is 2.08. The van der Waals surface area contributed by atoms with Gasteiger partial charge in [-0.05, 0) is 30.2 Å². The number of benzene rings is 2. The van der Waals surface area contributed by atoms with E-state index in [0.717, 1.165) is 11.3 Å². The van der Waals surface area contributed by atoms with Crippen LogP contribution in [0.25, 0.3) is 0 Å². The maximum Gasteiger partial charge on any atom is 0.224 e. The summed E-state index contributed by atoms with van der Waals surface area (Å²) in [6.45, 7) is -0.0909. The smallest absolute Gasteiger partial charge is 0.224 e. The van der Waals surface area contributed by atoms with Crippen molar-refractivity contribution in [1.29, 1.82) is 0 Å². The lowest BCUT2D eigenvalue weighted by Crippen LogP contribution is -2.13. The Hall–Kier alpha value is -2.33. The predicted octanol–water partition coefficient (Wildman–Crippen LogP) is 2.76. The summed E-state index contributed by atoms with van der Waals surface area (Å²) in [5.74, 6) is 0.720. The van der Waals surface area contributed by atoms with Crippen LogP contribution in [0, 0.1) is 0 Å². The lowest BCUT2D eigenvalue weighted by Gasteiger charge is -2.09. The van der Waals surface area contributed by atoms with Crippen LogP contribution in [0.4, 0.5) is 5.69 Å². The Balaban J connectivity index is 1.92. The number of carbonyl (C=O) groups is 1. The molecule has 0 spiro atoms. The number of ether oxygens (including phenoxy) is 1. The molecular weight excluding hydrogens is 266 g/mol. The highest BCUT2D eigenvalue weighted by Crippen LogP contribution is 2.17. The Morgan fingerprint density at radius 1 is 1.19 bits per heavy atom. The van der Waals surface area contributed by atoms with Gasteiger partial charge in [-0.3, -0.25) is 4.79 Å². The third-order valence-corrected chi connectivity index (χ3v) is 3.24. The molecule has 0 saturated carbocycles. The van der Waals surface area contributed by atoms with Gasteiger partial charge in [0.1, 0.15) is 5.75 Å². The fraction of sp³-hybridized carbons (Fsp3) is 0.235. The summed E-state index contributed by atoms with van der Waals surface area (Å²) >= 11 is 0. The quantitative estimate of drug-likeness (QED) is 0.858. The van der Waals surface area contributed by atoms with E-state index in [1.165, 1.54) is 0 Å². The fourth-order valence-electron chi connectivity index (χ4n) is 2.08.